The van der Waals surface area contributed by atoms with E-state index in [-0.39, 0.29) is 11.4 Å². The number of nitrogens with one attached hydrogen (secondary N) is 1. The monoisotopic (exact) mass is 371 g/mol. The Morgan fingerprint density at radius 2 is 2.20 bits per heavy atom. The Kier molecular flexibility index (Phi) is 5.93. The zero-order valence-corrected chi connectivity index (χ0v) is 14.3. The zero-order valence-electron chi connectivity index (χ0n) is 13.5. The smallest absolute Gasteiger partial charge is 0.290 e. The molecule has 2 aromatic rings. The van der Waals surface area contributed by atoms with E-state index in [1.807, 2.05) is 4.90 Å². The van der Waals surface area contributed by atoms with Crippen molar-refractivity contribution >= 4 is 22.1 Å². The van der Waals surface area contributed by atoms with Crippen LogP contribution >= 0.6 is 0 Å². The summed E-state index contributed by atoms with van der Waals surface area (Å²) in [6.45, 7) is 2.78. The predicted octanol–water partition coefficient (Wildman–Crippen LogP) is -1.02. The molecule has 136 valence electrons. The number of tetrazole rings is 1. The van der Waals surface area contributed by atoms with Gasteiger partial charge in [0.15, 0.2) is 15.7 Å². The van der Waals surface area contributed by atoms with Crippen LogP contribution in [0.3, 0.4) is 0 Å². The van der Waals surface area contributed by atoms with Gasteiger partial charge in [0.2, 0.25) is 5.82 Å². The molecule has 3 heterocycles. The lowest BCUT2D eigenvalue weighted by atomic mass is 10.2. The van der Waals surface area contributed by atoms with Crippen LogP contribution in [-0.4, -0.2) is 76.5 Å². The molecule has 0 aliphatic carbocycles. The molecule has 13 heteroatoms. The number of H-pyrrole nitrogens is 1. The highest BCUT2D eigenvalue weighted by atomic mass is 32.2. The molecule has 0 bridgehead atoms. The van der Waals surface area contributed by atoms with E-state index < -0.39 is 15.9 Å². The molecule has 1 atom stereocenters. The van der Waals surface area contributed by atoms with Crippen LogP contribution in [-0.2, 0) is 19.4 Å². The maximum atomic E-state index is 11.9. The van der Waals surface area contributed by atoms with Gasteiger partial charge in [-0.05, 0) is 6.92 Å². The quantitative estimate of drug-likeness (QED) is 0.634. The van der Waals surface area contributed by atoms with Crippen molar-refractivity contribution in [2.75, 3.05) is 30.9 Å². The summed E-state index contributed by atoms with van der Waals surface area (Å²) in [5, 5.41) is 20.6. The van der Waals surface area contributed by atoms with Crippen molar-refractivity contribution in [2.24, 2.45) is 0 Å². The Morgan fingerprint density at radius 1 is 1.48 bits per heavy atom. The van der Waals surface area contributed by atoms with Crippen molar-refractivity contribution in [3.63, 3.8) is 0 Å². The molecule has 3 rings (SSSR count). The second-order valence-corrected chi connectivity index (χ2v) is 7.04. The normalized spacial score (nSPS) is 17.5. The number of aryl methyl sites for hydroxylation is 1. The molecule has 1 saturated heterocycles. The van der Waals surface area contributed by atoms with Crippen molar-refractivity contribution in [1.82, 2.24) is 30.6 Å². The average molecular weight is 371 g/mol. The highest BCUT2D eigenvalue weighted by molar-refractivity contribution is 7.90. The van der Waals surface area contributed by atoms with Gasteiger partial charge in [-0.25, -0.2) is 18.4 Å². The Hall–Kier alpha value is -2.67. The summed E-state index contributed by atoms with van der Waals surface area (Å²) in [6, 6.07) is 0. The third kappa shape index (κ3) is 4.67. The largest absolute Gasteiger partial charge is 0.483 e. The highest BCUT2D eigenvalue weighted by Gasteiger charge is 2.29. The number of sulfone groups is 1. The average Bonchev–Trinajstić information content (AvgIpc) is 3.09. The second kappa shape index (κ2) is 7.94. The van der Waals surface area contributed by atoms with Gasteiger partial charge in [0, 0.05) is 12.8 Å². The number of aromatic nitrogens is 6. The lowest BCUT2D eigenvalue weighted by Gasteiger charge is -2.33. The Bertz CT molecular complexity index is 811. The van der Waals surface area contributed by atoms with E-state index in [0.717, 1.165) is 6.26 Å². The standard InChI is InChI=1S/C11H15N7O3S.CH2O2/c1-7-12-5-9(22(2,19)20)11(13-7)18-3-4-21-8(6-18)10-14-16-17-15-10;2-1-3/h5,8H,3-4,6H2,1-2H3,(H,14,15,16,17);1H,(H,2,3). The van der Waals surface area contributed by atoms with E-state index in [1.54, 1.807) is 6.92 Å². The van der Waals surface area contributed by atoms with Crippen LogP contribution in [0, 0.1) is 6.92 Å². The van der Waals surface area contributed by atoms with Crippen molar-refractivity contribution in [3.8, 4) is 0 Å². The second-order valence-electron chi connectivity index (χ2n) is 5.06. The van der Waals surface area contributed by atoms with Crippen molar-refractivity contribution in [2.45, 2.75) is 17.9 Å². The number of carboxylic acid groups (broad SMARTS) is 1. The molecule has 0 spiro atoms. The van der Waals surface area contributed by atoms with E-state index >= 15 is 0 Å². The first kappa shape index (κ1) is 18.7. The molecule has 0 amide bonds. The lowest BCUT2D eigenvalue weighted by Crippen LogP contribution is -2.40. The summed E-state index contributed by atoms with van der Waals surface area (Å²) >= 11 is 0. The first-order chi connectivity index (χ1) is 11.9. The molecule has 1 aliphatic rings. The maximum Gasteiger partial charge on any atom is 0.290 e. The number of hydrogen-bond acceptors (Lipinski definition) is 10. The molecule has 1 fully saturated rings. The van der Waals surface area contributed by atoms with Crippen LogP contribution < -0.4 is 4.90 Å². The van der Waals surface area contributed by atoms with Crippen molar-refractivity contribution < 1.29 is 23.1 Å². The van der Waals surface area contributed by atoms with Crippen LogP contribution in [0.4, 0.5) is 5.82 Å². The molecule has 0 aromatic carbocycles. The third-order valence-corrected chi connectivity index (χ3v) is 4.36. The van der Waals surface area contributed by atoms with Crippen molar-refractivity contribution in [1.29, 1.82) is 0 Å². The minimum Gasteiger partial charge on any atom is -0.483 e. The maximum absolute atomic E-state index is 11.9. The van der Waals surface area contributed by atoms with Gasteiger partial charge >= 0.3 is 0 Å². The SMILES string of the molecule is Cc1ncc(S(C)(=O)=O)c(N2CCOC(c3nn[nH]n3)C2)n1.O=CO. The van der Waals surface area contributed by atoms with E-state index in [2.05, 4.69) is 30.6 Å². The van der Waals surface area contributed by atoms with Gasteiger partial charge in [-0.1, -0.05) is 5.21 Å². The summed E-state index contributed by atoms with van der Waals surface area (Å²) in [5.41, 5.74) is 0. The first-order valence-corrected chi connectivity index (χ1v) is 8.97. The lowest BCUT2D eigenvalue weighted by molar-refractivity contribution is -0.122. The molecule has 2 aromatic heterocycles. The minimum absolute atomic E-state index is 0.104. The molecule has 1 unspecified atom stereocenters. The number of hydrogen-bond donors (Lipinski definition) is 2. The van der Waals surface area contributed by atoms with Gasteiger partial charge in [-0.3, -0.25) is 4.79 Å². The van der Waals surface area contributed by atoms with Crippen LogP contribution in [0.2, 0.25) is 0 Å². The molecule has 0 saturated carbocycles. The molecule has 1 aliphatic heterocycles. The fraction of sp³-hybridized carbons (Fsp3) is 0.500. The number of carbonyl (C=O) groups is 1. The van der Waals surface area contributed by atoms with Gasteiger partial charge in [0.1, 0.15) is 16.8 Å². The van der Waals surface area contributed by atoms with Crippen LogP contribution in [0.1, 0.15) is 17.8 Å². The third-order valence-electron chi connectivity index (χ3n) is 3.27. The van der Waals surface area contributed by atoms with Gasteiger partial charge in [0.05, 0.1) is 19.3 Å². The van der Waals surface area contributed by atoms with E-state index in [9.17, 15) is 8.42 Å². The number of anilines is 1. The highest BCUT2D eigenvalue weighted by Crippen LogP contribution is 2.27. The number of morpholine rings is 1. The first-order valence-electron chi connectivity index (χ1n) is 7.08. The van der Waals surface area contributed by atoms with E-state index in [0.29, 0.717) is 37.2 Å². The number of ether oxygens (including phenoxy) is 1. The molecular formula is C12H17N7O5S. The molecule has 2 N–H and O–H groups in total. The van der Waals surface area contributed by atoms with Crippen molar-refractivity contribution in [3.05, 3.63) is 17.8 Å². The van der Waals surface area contributed by atoms with Gasteiger partial charge < -0.3 is 14.7 Å². The summed E-state index contributed by atoms with van der Waals surface area (Å²) in [6.07, 6.45) is 2.09. The van der Waals surface area contributed by atoms with Crippen LogP contribution in [0.15, 0.2) is 11.1 Å². The van der Waals surface area contributed by atoms with Gasteiger partial charge in [-0.15, -0.1) is 10.2 Å². The molecule has 0 radical (unpaired) electrons. The van der Waals surface area contributed by atoms with Crippen LogP contribution in [0.5, 0.6) is 0 Å². The van der Waals surface area contributed by atoms with E-state index in [1.165, 1.54) is 6.20 Å². The minimum atomic E-state index is -3.43. The molecular weight excluding hydrogens is 354 g/mol. The Labute approximate surface area is 143 Å². The predicted molar refractivity (Wildman–Crippen MR) is 83.7 cm³/mol. The van der Waals surface area contributed by atoms with Gasteiger partial charge in [0.25, 0.3) is 6.47 Å². The van der Waals surface area contributed by atoms with Gasteiger partial charge in [-0.2, -0.15) is 5.21 Å². The zero-order chi connectivity index (χ0) is 18.4. The summed E-state index contributed by atoms with van der Waals surface area (Å²) in [5.74, 6) is 1.31. The van der Waals surface area contributed by atoms with E-state index in [4.69, 9.17) is 14.6 Å². The fourth-order valence-electron chi connectivity index (χ4n) is 2.24. The summed E-state index contributed by atoms with van der Waals surface area (Å²) in [7, 11) is -3.43. The summed E-state index contributed by atoms with van der Waals surface area (Å²) < 4.78 is 29.5. The fourth-order valence-corrected chi connectivity index (χ4v) is 2.99. The molecule has 12 nitrogen and oxygen atoms in total. The molecule has 25 heavy (non-hydrogen) atoms. The topological polar surface area (TPSA) is 164 Å². The Morgan fingerprint density at radius 3 is 2.80 bits per heavy atom. The Balaban J connectivity index is 0.000000701. The summed E-state index contributed by atoms with van der Waals surface area (Å²) in [4.78, 5) is 18.6. The number of rotatable bonds is 3. The number of nitrogens with zero attached hydrogens (tertiary/aromatic N) is 6. The number of aromatic amines is 1. The van der Waals surface area contributed by atoms with Crippen LogP contribution in [0.25, 0.3) is 0 Å².